The van der Waals surface area contributed by atoms with Crippen molar-refractivity contribution in [3.05, 3.63) is 47.0 Å². The summed E-state index contributed by atoms with van der Waals surface area (Å²) in [6.45, 7) is 3.59. The molecule has 0 saturated carbocycles. The van der Waals surface area contributed by atoms with Crippen molar-refractivity contribution >= 4 is 17.5 Å². The number of nitrogens with two attached hydrogens (primary N) is 1. The summed E-state index contributed by atoms with van der Waals surface area (Å²) < 4.78 is 0. The predicted octanol–water partition coefficient (Wildman–Crippen LogP) is 2.17. The van der Waals surface area contributed by atoms with Crippen LogP contribution in [0.25, 0.3) is 0 Å². The molecule has 0 aliphatic carbocycles. The van der Waals surface area contributed by atoms with Gasteiger partial charge in [-0.15, -0.1) is 6.58 Å². The number of hydrogen-bond acceptors (Lipinski definition) is 1. The van der Waals surface area contributed by atoms with Crippen LogP contribution < -0.4 is 5.73 Å². The molecule has 0 fully saturated rings. The van der Waals surface area contributed by atoms with Crippen LogP contribution in [0.3, 0.4) is 0 Å². The first kappa shape index (κ1) is 9.81. The molecule has 2 nitrogen and oxygen atoms in total. The molecule has 68 valence electrons. The van der Waals surface area contributed by atoms with Crippen molar-refractivity contribution in [2.75, 3.05) is 0 Å². The Morgan fingerprint density at radius 1 is 1.62 bits per heavy atom. The molecule has 3 heteroatoms. The molecular weight excluding hydrogens is 186 g/mol. The quantitative estimate of drug-likeness (QED) is 0.739. The highest BCUT2D eigenvalue weighted by Gasteiger charge is 2.06. The second-order valence-electron chi connectivity index (χ2n) is 2.66. The summed E-state index contributed by atoms with van der Waals surface area (Å²) in [6.07, 6.45) is 2.30. The topological polar surface area (TPSA) is 43.1 Å². The molecule has 0 atom stereocenters. The lowest BCUT2D eigenvalue weighted by molar-refractivity contribution is 0.0999. The van der Waals surface area contributed by atoms with E-state index in [-0.39, 0.29) is 0 Å². The van der Waals surface area contributed by atoms with Crippen LogP contribution in [-0.4, -0.2) is 5.91 Å². The Kier molecular flexibility index (Phi) is 3.09. The molecule has 0 spiro atoms. The fourth-order valence-electron chi connectivity index (χ4n) is 1.13. The van der Waals surface area contributed by atoms with Crippen molar-refractivity contribution < 1.29 is 4.79 Å². The van der Waals surface area contributed by atoms with E-state index >= 15 is 0 Å². The number of allylic oxidation sites excluding steroid dienone is 1. The van der Waals surface area contributed by atoms with Crippen molar-refractivity contribution in [3.63, 3.8) is 0 Å². The minimum atomic E-state index is -0.437. The van der Waals surface area contributed by atoms with Gasteiger partial charge in [0.05, 0.1) is 0 Å². The molecule has 0 heterocycles. The summed E-state index contributed by atoms with van der Waals surface area (Å²) in [5.41, 5.74) is 6.50. The van der Waals surface area contributed by atoms with E-state index in [1.165, 1.54) is 0 Å². The lowest BCUT2D eigenvalue weighted by atomic mass is 10.0. The molecule has 0 bridgehead atoms. The van der Waals surface area contributed by atoms with Gasteiger partial charge in [-0.1, -0.05) is 17.7 Å². The van der Waals surface area contributed by atoms with E-state index in [1.54, 1.807) is 24.3 Å². The molecule has 1 aromatic carbocycles. The first-order valence-corrected chi connectivity index (χ1v) is 4.22. The SMILES string of the molecule is C=CCc1cc(Cl)ccc1C(N)=O. The van der Waals surface area contributed by atoms with Crippen LogP contribution in [0.2, 0.25) is 5.02 Å². The third-order valence-corrected chi connectivity index (χ3v) is 1.93. The molecule has 1 aromatic rings. The van der Waals surface area contributed by atoms with Crippen LogP contribution in [0, 0.1) is 0 Å². The highest BCUT2D eigenvalue weighted by atomic mass is 35.5. The summed E-state index contributed by atoms with van der Waals surface area (Å²) in [7, 11) is 0. The zero-order valence-corrected chi connectivity index (χ0v) is 7.84. The smallest absolute Gasteiger partial charge is 0.248 e. The number of carbonyl (C=O) groups excluding carboxylic acids is 1. The van der Waals surface area contributed by atoms with Gasteiger partial charge in [0.2, 0.25) is 5.91 Å². The Hall–Kier alpha value is -1.28. The van der Waals surface area contributed by atoms with Crippen LogP contribution in [-0.2, 0) is 6.42 Å². The number of halogens is 1. The van der Waals surface area contributed by atoms with Gasteiger partial charge in [0.15, 0.2) is 0 Å². The number of primary amides is 1. The first-order chi connectivity index (χ1) is 6.15. The van der Waals surface area contributed by atoms with E-state index in [0.29, 0.717) is 17.0 Å². The molecule has 0 saturated heterocycles. The van der Waals surface area contributed by atoms with Gasteiger partial charge in [0.25, 0.3) is 0 Å². The minimum absolute atomic E-state index is 0.437. The van der Waals surface area contributed by atoms with E-state index < -0.39 is 5.91 Å². The number of hydrogen-bond donors (Lipinski definition) is 1. The molecule has 0 aromatic heterocycles. The Bertz CT molecular complexity index is 347. The Morgan fingerprint density at radius 2 is 2.31 bits per heavy atom. The summed E-state index contributed by atoms with van der Waals surface area (Å²) in [5.74, 6) is -0.437. The molecule has 1 amide bonds. The average Bonchev–Trinajstić information content (AvgIpc) is 2.04. The van der Waals surface area contributed by atoms with Gasteiger partial charge >= 0.3 is 0 Å². The molecule has 0 aliphatic rings. The minimum Gasteiger partial charge on any atom is -0.366 e. The van der Waals surface area contributed by atoms with E-state index in [2.05, 4.69) is 6.58 Å². The maximum Gasteiger partial charge on any atom is 0.248 e. The first-order valence-electron chi connectivity index (χ1n) is 3.84. The van der Waals surface area contributed by atoms with Crippen LogP contribution in [0.5, 0.6) is 0 Å². The lowest BCUT2D eigenvalue weighted by Crippen LogP contribution is -2.13. The molecule has 2 N–H and O–H groups in total. The Balaban J connectivity index is 3.17. The Labute approximate surface area is 82.0 Å². The number of carbonyl (C=O) groups is 1. The molecule has 0 aliphatic heterocycles. The van der Waals surface area contributed by atoms with Crippen molar-refractivity contribution in [3.8, 4) is 0 Å². The summed E-state index contributed by atoms with van der Waals surface area (Å²) in [5, 5.41) is 0.599. The van der Waals surface area contributed by atoms with Gasteiger partial charge < -0.3 is 5.73 Å². The molecule has 0 unspecified atom stereocenters. The molecule has 1 rings (SSSR count). The fourth-order valence-corrected chi connectivity index (χ4v) is 1.32. The van der Waals surface area contributed by atoms with Crippen LogP contribution >= 0.6 is 11.6 Å². The van der Waals surface area contributed by atoms with E-state index in [4.69, 9.17) is 17.3 Å². The highest BCUT2D eigenvalue weighted by molar-refractivity contribution is 6.30. The third-order valence-electron chi connectivity index (χ3n) is 1.70. The van der Waals surface area contributed by atoms with E-state index in [0.717, 1.165) is 5.56 Å². The van der Waals surface area contributed by atoms with Gasteiger partial charge in [0, 0.05) is 10.6 Å². The lowest BCUT2D eigenvalue weighted by Gasteiger charge is -2.03. The van der Waals surface area contributed by atoms with Gasteiger partial charge in [-0.25, -0.2) is 0 Å². The normalized spacial score (nSPS) is 9.62. The largest absolute Gasteiger partial charge is 0.366 e. The number of rotatable bonds is 3. The molecule has 13 heavy (non-hydrogen) atoms. The Morgan fingerprint density at radius 3 is 2.85 bits per heavy atom. The van der Waals surface area contributed by atoms with Crippen LogP contribution in [0.1, 0.15) is 15.9 Å². The van der Waals surface area contributed by atoms with Crippen LogP contribution in [0.4, 0.5) is 0 Å². The third kappa shape index (κ3) is 2.33. The molecular formula is C10H10ClNO. The monoisotopic (exact) mass is 195 g/mol. The van der Waals surface area contributed by atoms with Crippen LogP contribution in [0.15, 0.2) is 30.9 Å². The number of benzene rings is 1. The van der Waals surface area contributed by atoms with Gasteiger partial charge in [0.1, 0.15) is 0 Å². The fraction of sp³-hybridized carbons (Fsp3) is 0.100. The number of amides is 1. The second kappa shape index (κ2) is 4.10. The summed E-state index contributed by atoms with van der Waals surface area (Å²) in [6, 6.07) is 5.00. The standard InChI is InChI=1S/C10H10ClNO/c1-2-3-7-6-8(11)4-5-9(7)10(12)13/h2,4-6H,1,3H2,(H2,12,13). The van der Waals surface area contributed by atoms with Gasteiger partial charge in [-0.3, -0.25) is 4.79 Å². The highest BCUT2D eigenvalue weighted by Crippen LogP contribution is 2.16. The van der Waals surface area contributed by atoms with Gasteiger partial charge in [-0.05, 0) is 30.2 Å². The summed E-state index contributed by atoms with van der Waals surface area (Å²) >= 11 is 5.77. The average molecular weight is 196 g/mol. The van der Waals surface area contributed by atoms with E-state index in [1.807, 2.05) is 0 Å². The van der Waals surface area contributed by atoms with Crippen molar-refractivity contribution in [2.24, 2.45) is 5.73 Å². The second-order valence-corrected chi connectivity index (χ2v) is 3.09. The van der Waals surface area contributed by atoms with Crippen molar-refractivity contribution in [1.29, 1.82) is 0 Å². The van der Waals surface area contributed by atoms with Crippen molar-refractivity contribution in [1.82, 2.24) is 0 Å². The predicted molar refractivity (Wildman–Crippen MR) is 53.9 cm³/mol. The zero-order valence-electron chi connectivity index (χ0n) is 7.09. The zero-order chi connectivity index (χ0) is 9.84. The van der Waals surface area contributed by atoms with Gasteiger partial charge in [-0.2, -0.15) is 0 Å². The van der Waals surface area contributed by atoms with Crippen molar-refractivity contribution in [2.45, 2.75) is 6.42 Å². The molecule has 0 radical (unpaired) electrons. The maximum atomic E-state index is 11.0. The van der Waals surface area contributed by atoms with E-state index in [9.17, 15) is 4.79 Å². The maximum absolute atomic E-state index is 11.0. The summed E-state index contributed by atoms with van der Waals surface area (Å²) in [4.78, 5) is 11.0.